The summed E-state index contributed by atoms with van der Waals surface area (Å²) in [5.41, 5.74) is -2.00. The van der Waals surface area contributed by atoms with Gasteiger partial charge >= 0.3 is 12.1 Å². The summed E-state index contributed by atoms with van der Waals surface area (Å²) in [5.74, 6) is -2.41. The lowest BCUT2D eigenvalue weighted by Crippen LogP contribution is -2.52. The molecule has 1 rings (SSSR count). The van der Waals surface area contributed by atoms with Gasteiger partial charge in [0.05, 0.1) is 0 Å². The largest absolute Gasteiger partial charge is 0.480 e. The van der Waals surface area contributed by atoms with Crippen LogP contribution in [0.3, 0.4) is 0 Å². The summed E-state index contributed by atoms with van der Waals surface area (Å²) in [7, 11) is 0. The fourth-order valence-corrected chi connectivity index (χ4v) is 7.38. The van der Waals surface area contributed by atoms with Crippen molar-refractivity contribution < 1.29 is 29.3 Å². The summed E-state index contributed by atoms with van der Waals surface area (Å²) in [6.07, 6.45) is 5.22. The summed E-state index contributed by atoms with van der Waals surface area (Å²) in [5, 5.41) is 26.5. The van der Waals surface area contributed by atoms with Crippen LogP contribution in [0.15, 0.2) is 0 Å². The molecule has 1 aliphatic rings. The average Bonchev–Trinajstić information content (AvgIpc) is 2.89. The molecule has 0 aromatic heterocycles. The number of ether oxygens (including phenoxy) is 1. The molecular formula is C18H32N2O6S3. The van der Waals surface area contributed by atoms with E-state index in [1.165, 1.54) is 42.2 Å². The Kier molecular flexibility index (Phi) is 9.07. The van der Waals surface area contributed by atoms with Gasteiger partial charge < -0.3 is 25.6 Å². The highest BCUT2D eigenvalue weighted by Gasteiger charge is 2.59. The Labute approximate surface area is 185 Å². The molecule has 4 atom stereocenters. The highest BCUT2D eigenvalue weighted by molar-refractivity contribution is 8.33. The van der Waals surface area contributed by atoms with E-state index in [4.69, 9.17) is 4.74 Å². The average molecular weight is 469 g/mol. The summed E-state index contributed by atoms with van der Waals surface area (Å²) in [6.45, 7) is 6.43. The van der Waals surface area contributed by atoms with Crippen LogP contribution in [-0.4, -0.2) is 73.6 Å². The van der Waals surface area contributed by atoms with E-state index >= 15 is 0 Å². The van der Waals surface area contributed by atoms with Gasteiger partial charge in [0.2, 0.25) is 5.91 Å². The zero-order valence-corrected chi connectivity index (χ0v) is 20.3. The van der Waals surface area contributed by atoms with Crippen LogP contribution in [0.4, 0.5) is 4.79 Å². The Morgan fingerprint density at radius 1 is 1.10 bits per heavy atom. The summed E-state index contributed by atoms with van der Waals surface area (Å²) in [6, 6.07) is -1.93. The third-order valence-corrected chi connectivity index (χ3v) is 10.5. The number of carboxylic acids is 1. The van der Waals surface area contributed by atoms with E-state index in [9.17, 15) is 24.6 Å². The van der Waals surface area contributed by atoms with Gasteiger partial charge in [-0.15, -0.1) is 35.3 Å². The van der Waals surface area contributed by atoms with Crippen molar-refractivity contribution in [2.45, 2.75) is 67.2 Å². The highest BCUT2D eigenvalue weighted by Crippen LogP contribution is 2.58. The van der Waals surface area contributed by atoms with Crippen molar-refractivity contribution in [1.82, 2.24) is 10.6 Å². The van der Waals surface area contributed by atoms with Crippen molar-refractivity contribution in [3.05, 3.63) is 0 Å². The number of nitrogens with one attached hydrogen (secondary N) is 2. The molecule has 0 aromatic carbocycles. The van der Waals surface area contributed by atoms with Crippen molar-refractivity contribution >= 4 is 53.3 Å². The third-order valence-electron chi connectivity index (χ3n) is 4.78. The number of carboxylic acid groups (broad SMARTS) is 1. The van der Waals surface area contributed by atoms with Crippen LogP contribution in [-0.2, 0) is 14.3 Å². The van der Waals surface area contributed by atoms with Crippen LogP contribution in [0, 0.1) is 5.92 Å². The molecule has 0 spiro atoms. The van der Waals surface area contributed by atoms with Crippen LogP contribution in [0.2, 0.25) is 0 Å². The lowest BCUT2D eigenvalue weighted by molar-refractivity contribution is -0.143. The summed E-state index contributed by atoms with van der Waals surface area (Å²) < 4.78 is 4.66. The number of rotatable bonds is 8. The molecular weight excluding hydrogens is 436 g/mol. The zero-order valence-electron chi connectivity index (χ0n) is 17.9. The molecule has 0 aromatic rings. The third kappa shape index (κ3) is 6.35. The first-order valence-electron chi connectivity index (χ1n) is 9.11. The number of carbonyl (C=O) groups is 3. The number of carbonyl (C=O) groups excluding carboxylic acids is 2. The summed E-state index contributed by atoms with van der Waals surface area (Å²) in [4.78, 5) is 35.9. The summed E-state index contributed by atoms with van der Waals surface area (Å²) >= 11 is 4.43. The molecule has 0 heterocycles. The van der Waals surface area contributed by atoms with Gasteiger partial charge in [-0.3, -0.25) is 4.79 Å². The van der Waals surface area contributed by atoms with Crippen molar-refractivity contribution in [3.8, 4) is 0 Å². The molecule has 0 saturated heterocycles. The predicted octanol–water partition coefficient (Wildman–Crippen LogP) is 2.35. The Morgan fingerprint density at radius 2 is 1.62 bits per heavy atom. The van der Waals surface area contributed by atoms with E-state index in [1.54, 1.807) is 20.8 Å². The fraction of sp³-hybridized carbons (Fsp3) is 0.833. The van der Waals surface area contributed by atoms with E-state index in [0.29, 0.717) is 0 Å². The van der Waals surface area contributed by atoms with Gasteiger partial charge in [0.25, 0.3) is 0 Å². The Balaban J connectivity index is 3.29. The number of aliphatic carboxylic acids is 1. The highest BCUT2D eigenvalue weighted by atomic mass is 32.3. The second-order valence-electron chi connectivity index (χ2n) is 8.04. The number of aliphatic hydroxyl groups is 1. The molecule has 11 heteroatoms. The quantitative estimate of drug-likeness (QED) is 0.397. The van der Waals surface area contributed by atoms with Crippen LogP contribution in [0.25, 0.3) is 0 Å². The van der Waals surface area contributed by atoms with Gasteiger partial charge in [0.15, 0.2) is 0 Å². The van der Waals surface area contributed by atoms with Crippen LogP contribution >= 0.6 is 35.3 Å². The monoisotopic (exact) mass is 468 g/mol. The zero-order chi connectivity index (χ0) is 22.6. The molecule has 0 aliphatic heterocycles. The molecule has 0 bridgehead atoms. The van der Waals surface area contributed by atoms with Crippen LogP contribution in [0.1, 0.15) is 40.5 Å². The lowest BCUT2D eigenvalue weighted by Gasteiger charge is -2.42. The Bertz CT molecular complexity index is 615. The van der Waals surface area contributed by atoms with E-state index in [-0.39, 0.29) is 12.8 Å². The van der Waals surface area contributed by atoms with Gasteiger partial charge in [-0.1, -0.05) is 0 Å². The van der Waals surface area contributed by atoms with Gasteiger partial charge in [0.1, 0.15) is 20.7 Å². The minimum absolute atomic E-state index is 0.104. The number of alkyl carbamates (subject to hydrolysis) is 1. The molecule has 1 fully saturated rings. The number of thioether (sulfide) groups is 3. The van der Waals surface area contributed by atoms with Gasteiger partial charge in [0, 0.05) is 18.9 Å². The van der Waals surface area contributed by atoms with Crippen molar-refractivity contribution in [2.24, 2.45) is 5.92 Å². The maximum atomic E-state index is 12.4. The molecule has 2 amide bonds. The Hall–Kier alpha value is -0.780. The number of hydrogen-bond donors (Lipinski definition) is 4. The maximum Gasteiger partial charge on any atom is 0.407 e. The van der Waals surface area contributed by atoms with E-state index in [0.717, 1.165) is 0 Å². The maximum absolute atomic E-state index is 12.4. The van der Waals surface area contributed by atoms with Crippen molar-refractivity contribution in [3.63, 3.8) is 0 Å². The van der Waals surface area contributed by atoms with E-state index < -0.39 is 50.6 Å². The minimum atomic E-state index is -1.28. The molecule has 1 saturated carbocycles. The molecule has 29 heavy (non-hydrogen) atoms. The molecule has 3 unspecified atom stereocenters. The molecule has 0 radical (unpaired) electrons. The fourth-order valence-electron chi connectivity index (χ4n) is 3.74. The number of hydrogen-bond acceptors (Lipinski definition) is 8. The standard InChI is InChI=1S/C18H32N2O6S3/c1-10(21)19-13(14(22)23)11-8-17(25,18(27-5,28-6)29-7)9-12(11)20-15(24)26-16(2,3)4/h11-13,25H,8-9H2,1-7H3,(H,19,21)(H,20,24)(H,22,23)/t11?,12?,13?,17-/m0/s1. The molecule has 4 N–H and O–H groups in total. The second-order valence-corrected chi connectivity index (χ2v) is 11.9. The lowest BCUT2D eigenvalue weighted by atomic mass is 9.93. The second kappa shape index (κ2) is 10.0. The van der Waals surface area contributed by atoms with E-state index in [2.05, 4.69) is 10.6 Å². The normalized spacial score (nSPS) is 25.9. The van der Waals surface area contributed by atoms with Crippen molar-refractivity contribution in [1.29, 1.82) is 0 Å². The molecule has 168 valence electrons. The molecule has 8 nitrogen and oxygen atoms in total. The first-order valence-corrected chi connectivity index (χ1v) is 12.8. The van der Waals surface area contributed by atoms with Gasteiger partial charge in [-0.05, 0) is 52.4 Å². The first-order chi connectivity index (χ1) is 13.2. The predicted molar refractivity (Wildman–Crippen MR) is 119 cm³/mol. The first kappa shape index (κ1) is 26.3. The van der Waals surface area contributed by atoms with Crippen molar-refractivity contribution in [2.75, 3.05) is 18.8 Å². The van der Waals surface area contributed by atoms with Gasteiger partial charge in [-0.2, -0.15) is 0 Å². The number of amides is 2. The Morgan fingerprint density at radius 3 is 2.00 bits per heavy atom. The van der Waals surface area contributed by atoms with Crippen LogP contribution < -0.4 is 10.6 Å². The SMILES string of the molecule is CSC(SC)(SC)[C@@]1(O)CC(NC(=O)OC(C)(C)C)C(C(NC(C)=O)C(=O)O)C1. The van der Waals surface area contributed by atoms with Gasteiger partial charge in [-0.25, -0.2) is 9.59 Å². The minimum Gasteiger partial charge on any atom is -0.480 e. The topological polar surface area (TPSA) is 125 Å². The van der Waals surface area contributed by atoms with E-state index in [1.807, 2.05) is 18.8 Å². The smallest absolute Gasteiger partial charge is 0.407 e. The van der Waals surface area contributed by atoms with Crippen LogP contribution in [0.5, 0.6) is 0 Å². The molecule has 1 aliphatic carbocycles.